The first-order valence-electron chi connectivity index (χ1n) is 3.86. The molecule has 0 N–H and O–H groups in total. The summed E-state index contributed by atoms with van der Waals surface area (Å²) < 4.78 is 9.06. The fourth-order valence-corrected chi connectivity index (χ4v) is 1.37. The largest absolute Gasteiger partial charge is 0.469 e. The lowest BCUT2D eigenvalue weighted by molar-refractivity contribution is -0.164. The molecule has 0 heterocycles. The number of esters is 2. The molecule has 0 aromatic rings. The van der Waals surface area contributed by atoms with Crippen LogP contribution in [0.4, 0.5) is 0 Å². The first-order valence-corrected chi connectivity index (χ1v) is 3.86. The SMILES string of the molecule is COC(=O)[C@H]1CC[C@@H]1C(=O)OC. The molecule has 0 aliphatic heterocycles. The van der Waals surface area contributed by atoms with E-state index in [0.717, 1.165) is 12.8 Å². The van der Waals surface area contributed by atoms with Gasteiger partial charge in [-0.3, -0.25) is 9.59 Å². The smallest absolute Gasteiger partial charge is 0.309 e. The van der Waals surface area contributed by atoms with E-state index in [4.69, 9.17) is 0 Å². The Morgan fingerprint density at radius 1 is 1.00 bits per heavy atom. The summed E-state index contributed by atoms with van der Waals surface area (Å²) in [7, 11) is 2.66. The first kappa shape index (κ1) is 9.03. The van der Waals surface area contributed by atoms with Crippen LogP contribution in [0.3, 0.4) is 0 Å². The number of carbonyl (C=O) groups excluding carboxylic acids is 2. The highest BCUT2D eigenvalue weighted by molar-refractivity contribution is 5.83. The summed E-state index contributed by atoms with van der Waals surface area (Å²) in [5.74, 6) is -1.17. The summed E-state index contributed by atoms with van der Waals surface area (Å²) >= 11 is 0. The van der Waals surface area contributed by atoms with Crippen LogP contribution in [0.1, 0.15) is 12.8 Å². The maximum atomic E-state index is 11.0. The van der Waals surface area contributed by atoms with E-state index in [1.54, 1.807) is 0 Å². The van der Waals surface area contributed by atoms with Gasteiger partial charge in [0.1, 0.15) is 0 Å². The number of carbonyl (C=O) groups is 2. The average molecular weight is 172 g/mol. The van der Waals surface area contributed by atoms with Gasteiger partial charge in [0, 0.05) is 0 Å². The van der Waals surface area contributed by atoms with Gasteiger partial charge in [-0.05, 0) is 12.8 Å². The van der Waals surface area contributed by atoms with Crippen molar-refractivity contribution in [2.24, 2.45) is 11.8 Å². The Kier molecular flexibility index (Phi) is 2.68. The second-order valence-corrected chi connectivity index (χ2v) is 2.84. The van der Waals surface area contributed by atoms with Crippen LogP contribution in [0, 0.1) is 11.8 Å². The third-order valence-electron chi connectivity index (χ3n) is 2.28. The maximum absolute atomic E-state index is 11.0. The van der Waals surface area contributed by atoms with Crippen molar-refractivity contribution in [3.63, 3.8) is 0 Å². The van der Waals surface area contributed by atoms with Gasteiger partial charge in [-0.15, -0.1) is 0 Å². The highest BCUT2D eigenvalue weighted by Crippen LogP contribution is 2.35. The van der Waals surface area contributed by atoms with Crippen molar-refractivity contribution < 1.29 is 19.1 Å². The molecule has 1 rings (SSSR count). The number of ether oxygens (including phenoxy) is 2. The van der Waals surface area contributed by atoms with Crippen LogP contribution in [0.2, 0.25) is 0 Å². The molecule has 1 fully saturated rings. The van der Waals surface area contributed by atoms with Gasteiger partial charge in [-0.25, -0.2) is 0 Å². The van der Waals surface area contributed by atoms with Crippen LogP contribution >= 0.6 is 0 Å². The fraction of sp³-hybridized carbons (Fsp3) is 0.750. The van der Waals surface area contributed by atoms with E-state index in [0.29, 0.717) is 0 Å². The third kappa shape index (κ3) is 1.42. The van der Waals surface area contributed by atoms with Crippen LogP contribution in [-0.2, 0) is 19.1 Å². The predicted octanol–water partition coefficient (Wildman–Crippen LogP) is 0.359. The minimum Gasteiger partial charge on any atom is -0.469 e. The van der Waals surface area contributed by atoms with E-state index in [-0.39, 0.29) is 23.8 Å². The van der Waals surface area contributed by atoms with Gasteiger partial charge < -0.3 is 9.47 Å². The number of rotatable bonds is 2. The zero-order valence-electron chi connectivity index (χ0n) is 7.20. The average Bonchev–Trinajstić information content (AvgIpc) is 2.02. The van der Waals surface area contributed by atoms with Crippen LogP contribution in [0.25, 0.3) is 0 Å². The number of hydrogen-bond donors (Lipinski definition) is 0. The van der Waals surface area contributed by atoms with Crippen LogP contribution in [-0.4, -0.2) is 26.2 Å². The monoisotopic (exact) mass is 172 g/mol. The van der Waals surface area contributed by atoms with E-state index in [2.05, 4.69) is 9.47 Å². The molecule has 0 aromatic carbocycles. The van der Waals surface area contributed by atoms with Gasteiger partial charge in [-0.1, -0.05) is 0 Å². The predicted molar refractivity (Wildman–Crippen MR) is 40.2 cm³/mol. The Morgan fingerprint density at radius 2 is 1.33 bits per heavy atom. The Hall–Kier alpha value is -1.06. The summed E-state index contributed by atoms with van der Waals surface area (Å²) in [6.07, 6.45) is 1.46. The molecular weight excluding hydrogens is 160 g/mol. The lowest BCUT2D eigenvalue weighted by Crippen LogP contribution is -2.39. The Balaban J connectivity index is 2.49. The zero-order chi connectivity index (χ0) is 9.14. The van der Waals surface area contributed by atoms with Gasteiger partial charge >= 0.3 is 11.9 Å². The molecule has 0 saturated heterocycles. The summed E-state index contributed by atoms with van der Waals surface area (Å²) in [6.45, 7) is 0. The Bertz CT molecular complexity index is 177. The molecule has 0 aromatic heterocycles. The molecule has 1 aliphatic rings. The number of methoxy groups -OCH3 is 2. The summed E-state index contributed by atoms with van der Waals surface area (Å²) in [5.41, 5.74) is 0. The Labute approximate surface area is 70.8 Å². The van der Waals surface area contributed by atoms with Crippen LogP contribution in [0.15, 0.2) is 0 Å². The molecule has 12 heavy (non-hydrogen) atoms. The molecule has 68 valence electrons. The topological polar surface area (TPSA) is 52.6 Å². The highest BCUT2D eigenvalue weighted by Gasteiger charge is 2.42. The molecule has 1 aliphatic carbocycles. The Morgan fingerprint density at radius 3 is 1.50 bits per heavy atom. The minimum absolute atomic E-state index is 0.276. The molecule has 0 amide bonds. The van der Waals surface area contributed by atoms with Crippen molar-refractivity contribution in [2.75, 3.05) is 14.2 Å². The molecule has 0 bridgehead atoms. The van der Waals surface area contributed by atoms with Crippen LogP contribution < -0.4 is 0 Å². The third-order valence-corrected chi connectivity index (χ3v) is 2.28. The quantitative estimate of drug-likeness (QED) is 0.564. The molecule has 4 nitrogen and oxygen atoms in total. The minimum atomic E-state index is -0.309. The first-order chi connectivity index (χ1) is 5.70. The summed E-state index contributed by atoms with van der Waals surface area (Å²) in [4.78, 5) is 22.0. The van der Waals surface area contributed by atoms with Gasteiger partial charge in [0.15, 0.2) is 0 Å². The molecule has 0 spiro atoms. The lowest BCUT2D eigenvalue weighted by atomic mass is 9.74. The summed E-state index contributed by atoms with van der Waals surface area (Å²) in [5, 5.41) is 0. The van der Waals surface area contributed by atoms with E-state index in [9.17, 15) is 9.59 Å². The van der Waals surface area contributed by atoms with Crippen molar-refractivity contribution in [1.82, 2.24) is 0 Å². The second kappa shape index (κ2) is 3.56. The van der Waals surface area contributed by atoms with E-state index >= 15 is 0 Å². The molecule has 1 saturated carbocycles. The number of hydrogen-bond acceptors (Lipinski definition) is 4. The normalized spacial score (nSPS) is 27.2. The van der Waals surface area contributed by atoms with E-state index in [1.807, 2.05) is 0 Å². The molecule has 2 atom stereocenters. The highest BCUT2D eigenvalue weighted by atomic mass is 16.5. The lowest BCUT2D eigenvalue weighted by Gasteiger charge is -2.31. The van der Waals surface area contributed by atoms with Crippen molar-refractivity contribution in [3.05, 3.63) is 0 Å². The second-order valence-electron chi connectivity index (χ2n) is 2.84. The van der Waals surface area contributed by atoms with Crippen molar-refractivity contribution in [2.45, 2.75) is 12.8 Å². The summed E-state index contributed by atoms with van der Waals surface area (Å²) in [6, 6.07) is 0. The van der Waals surface area contributed by atoms with Gasteiger partial charge in [0.25, 0.3) is 0 Å². The van der Waals surface area contributed by atoms with Gasteiger partial charge in [0.05, 0.1) is 26.1 Å². The molecule has 0 radical (unpaired) electrons. The van der Waals surface area contributed by atoms with Crippen molar-refractivity contribution in [1.29, 1.82) is 0 Å². The zero-order valence-corrected chi connectivity index (χ0v) is 7.20. The standard InChI is InChI=1S/C8H12O4/c1-11-7(9)5-3-4-6(5)8(10)12-2/h5-6H,3-4H2,1-2H3/t5-,6-/m0/s1. The fourth-order valence-electron chi connectivity index (χ4n) is 1.37. The van der Waals surface area contributed by atoms with Gasteiger partial charge in [0.2, 0.25) is 0 Å². The van der Waals surface area contributed by atoms with E-state index < -0.39 is 0 Å². The van der Waals surface area contributed by atoms with E-state index in [1.165, 1.54) is 14.2 Å². The molecular formula is C8H12O4. The van der Waals surface area contributed by atoms with Crippen molar-refractivity contribution in [3.8, 4) is 0 Å². The molecule has 0 unspecified atom stereocenters. The van der Waals surface area contributed by atoms with Crippen LogP contribution in [0.5, 0.6) is 0 Å². The van der Waals surface area contributed by atoms with Crippen molar-refractivity contribution >= 4 is 11.9 Å². The maximum Gasteiger partial charge on any atom is 0.309 e. The van der Waals surface area contributed by atoms with Gasteiger partial charge in [-0.2, -0.15) is 0 Å². The molecule has 4 heteroatoms.